The molecule has 6 nitrogen and oxygen atoms in total. The molecule has 2 fully saturated rings. The molecule has 2 heterocycles. The smallest absolute Gasteiger partial charge is 0.421 e. The van der Waals surface area contributed by atoms with Crippen molar-refractivity contribution in [3.8, 4) is 11.3 Å². The van der Waals surface area contributed by atoms with Crippen molar-refractivity contribution in [1.82, 2.24) is 14.6 Å². The first-order valence-corrected chi connectivity index (χ1v) is 15.0. The topological polar surface area (TPSA) is 78.3 Å². The molecule has 2 aromatic rings. The predicted molar refractivity (Wildman–Crippen MR) is 147 cm³/mol. The normalized spacial score (nSPS) is 18.8. The van der Waals surface area contributed by atoms with Crippen LogP contribution >= 0.6 is 0 Å². The van der Waals surface area contributed by atoms with Gasteiger partial charge in [0.05, 0.1) is 22.5 Å². The van der Waals surface area contributed by atoms with Crippen LogP contribution < -0.4 is 10.0 Å². The number of carbonyl (C=O) groups is 1. The molecule has 2 N–H and O–H groups in total. The van der Waals surface area contributed by atoms with Crippen LogP contribution in [0.15, 0.2) is 29.2 Å². The van der Waals surface area contributed by atoms with Gasteiger partial charge in [0.25, 0.3) is 5.91 Å². The summed E-state index contributed by atoms with van der Waals surface area (Å²) in [5, 5.41) is 3.09. The average Bonchev–Trinajstić information content (AvgIpc) is 3.19. The van der Waals surface area contributed by atoms with Crippen molar-refractivity contribution in [3.05, 3.63) is 41.1 Å². The quantitative estimate of drug-likeness (QED) is 0.381. The van der Waals surface area contributed by atoms with Gasteiger partial charge < -0.3 is 19.2 Å². The zero-order valence-corrected chi connectivity index (χ0v) is 24.1. The minimum Gasteiger partial charge on any atom is -0.593 e. The maximum absolute atomic E-state index is 14.2. The Morgan fingerprint density at radius 3 is 2.36 bits per heavy atom. The molecule has 216 valence electrons. The molecule has 10 heteroatoms. The van der Waals surface area contributed by atoms with Gasteiger partial charge in [-0.25, -0.2) is 0 Å². The van der Waals surface area contributed by atoms with Crippen LogP contribution in [0.1, 0.15) is 87.3 Å². The fourth-order valence-corrected chi connectivity index (χ4v) is 6.72. The van der Waals surface area contributed by atoms with Gasteiger partial charge in [-0.05, 0) is 89.1 Å². The molecule has 0 bridgehead atoms. The number of benzene rings is 1. The minimum atomic E-state index is -4.69. The van der Waals surface area contributed by atoms with Crippen LogP contribution in [-0.4, -0.2) is 39.8 Å². The van der Waals surface area contributed by atoms with Crippen LogP contribution in [0.5, 0.6) is 0 Å². The number of hydrogen-bond donors (Lipinski definition) is 2. The van der Waals surface area contributed by atoms with Crippen molar-refractivity contribution in [2.75, 3.05) is 13.2 Å². The Labute approximate surface area is 232 Å². The summed E-state index contributed by atoms with van der Waals surface area (Å²) in [4.78, 5) is 13.0. The Hall–Kier alpha value is -2.01. The van der Waals surface area contributed by atoms with Gasteiger partial charge in [-0.2, -0.15) is 13.2 Å². The van der Waals surface area contributed by atoms with E-state index in [1.54, 1.807) is 32.9 Å². The Morgan fingerprint density at radius 1 is 1.08 bits per heavy atom. The summed E-state index contributed by atoms with van der Waals surface area (Å²) in [7, 11) is 0. The van der Waals surface area contributed by atoms with E-state index < -0.39 is 28.6 Å². The standard InChI is InChI=1S/C29H40F3N3O3S/c1-19-23(27(36)33-22-12-14-38-15-13-22)17-25(35(19)18-20-8-6-5-7-9-20)21-10-11-26(24(16-21)29(30,31)32)39(37)34-28(2,3)4/h10-11,16-17,20,22,34H,5-9,12-15,18H2,1-4H3,(H,33,36). The van der Waals surface area contributed by atoms with Gasteiger partial charge in [0, 0.05) is 37.2 Å². The highest BCUT2D eigenvalue weighted by Gasteiger charge is 2.39. The van der Waals surface area contributed by atoms with E-state index in [-0.39, 0.29) is 16.8 Å². The fraction of sp³-hybridized carbons (Fsp3) is 0.621. The van der Waals surface area contributed by atoms with Crippen molar-refractivity contribution >= 4 is 17.3 Å². The number of carbonyl (C=O) groups excluding carboxylic acids is 1. The number of alkyl halides is 3. The van der Waals surface area contributed by atoms with E-state index in [9.17, 15) is 22.5 Å². The van der Waals surface area contributed by atoms with Crippen LogP contribution in [0.2, 0.25) is 0 Å². The Bertz CT molecular complexity index is 1150. The zero-order valence-electron chi connectivity index (χ0n) is 23.2. The van der Waals surface area contributed by atoms with Gasteiger partial charge in [0.2, 0.25) is 0 Å². The summed E-state index contributed by atoms with van der Waals surface area (Å²) >= 11 is -2.05. The number of aromatic nitrogens is 1. The minimum absolute atomic E-state index is 0.0113. The van der Waals surface area contributed by atoms with Crippen LogP contribution in [0.3, 0.4) is 0 Å². The number of ether oxygens (including phenoxy) is 1. The third kappa shape index (κ3) is 7.60. The molecule has 1 aromatic carbocycles. The van der Waals surface area contributed by atoms with Crippen molar-refractivity contribution in [1.29, 1.82) is 0 Å². The average molecular weight is 568 g/mol. The molecule has 4 rings (SSSR count). The molecule has 1 aliphatic heterocycles. The highest BCUT2D eigenvalue weighted by atomic mass is 32.2. The molecule has 1 amide bonds. The van der Waals surface area contributed by atoms with Crippen LogP contribution in [0, 0.1) is 12.8 Å². The molecular weight excluding hydrogens is 527 g/mol. The summed E-state index contributed by atoms with van der Waals surface area (Å²) in [6, 6.07) is 5.68. The van der Waals surface area contributed by atoms with Crippen LogP contribution in [0.4, 0.5) is 13.2 Å². The summed E-state index contributed by atoms with van der Waals surface area (Å²) in [5.41, 5.74) is 0.569. The van der Waals surface area contributed by atoms with Gasteiger partial charge in [-0.15, -0.1) is 4.72 Å². The number of nitrogens with zero attached hydrogens (tertiary/aromatic N) is 1. The number of nitrogens with one attached hydrogen (secondary N) is 2. The van der Waals surface area contributed by atoms with E-state index in [2.05, 4.69) is 10.0 Å². The lowest BCUT2D eigenvalue weighted by atomic mass is 9.89. The van der Waals surface area contributed by atoms with Gasteiger partial charge in [0.15, 0.2) is 4.90 Å². The predicted octanol–water partition coefficient (Wildman–Crippen LogP) is 6.38. The van der Waals surface area contributed by atoms with E-state index >= 15 is 0 Å². The van der Waals surface area contributed by atoms with Gasteiger partial charge in [-0.1, -0.05) is 19.3 Å². The number of rotatable bonds is 7. The Balaban J connectivity index is 1.74. The second-order valence-corrected chi connectivity index (χ2v) is 13.0. The van der Waals surface area contributed by atoms with Crippen LogP contribution in [0.25, 0.3) is 11.3 Å². The maximum atomic E-state index is 14.2. The van der Waals surface area contributed by atoms with Crippen LogP contribution in [-0.2, 0) is 28.8 Å². The highest BCUT2D eigenvalue weighted by Crippen LogP contribution is 2.39. The number of amides is 1. The molecule has 1 unspecified atom stereocenters. The zero-order chi connectivity index (χ0) is 28.4. The molecule has 1 aliphatic carbocycles. The summed E-state index contributed by atoms with van der Waals surface area (Å²) in [6.07, 6.45) is 2.36. The van der Waals surface area contributed by atoms with Crippen molar-refractivity contribution in [2.24, 2.45) is 5.92 Å². The summed E-state index contributed by atoms with van der Waals surface area (Å²) in [6.45, 7) is 8.95. The molecule has 2 aliphatic rings. The first-order valence-electron chi connectivity index (χ1n) is 13.8. The second kappa shape index (κ2) is 12.2. The lowest BCUT2D eigenvalue weighted by Gasteiger charge is -2.25. The number of halogens is 3. The van der Waals surface area contributed by atoms with Crippen molar-refractivity contribution in [3.63, 3.8) is 0 Å². The van der Waals surface area contributed by atoms with Gasteiger partial charge in [0.1, 0.15) is 5.56 Å². The molecule has 1 saturated heterocycles. The lowest BCUT2D eigenvalue weighted by Crippen LogP contribution is -2.41. The first kappa shape index (κ1) is 30.0. The van der Waals surface area contributed by atoms with Gasteiger partial charge in [-0.3, -0.25) is 4.79 Å². The summed E-state index contributed by atoms with van der Waals surface area (Å²) in [5.74, 6) is 0.186. The van der Waals surface area contributed by atoms with E-state index in [0.717, 1.165) is 50.3 Å². The molecule has 1 atom stereocenters. The fourth-order valence-electron chi connectivity index (χ4n) is 5.49. The van der Waals surface area contributed by atoms with E-state index in [0.29, 0.717) is 42.5 Å². The SMILES string of the molecule is Cc1c(C(=O)NC2CCOCC2)cc(-c2ccc([S+]([O-])NC(C)(C)C)c(C(F)(F)F)c2)n1CC1CCCCC1. The third-order valence-electron chi connectivity index (χ3n) is 7.51. The molecule has 1 aromatic heterocycles. The molecule has 39 heavy (non-hydrogen) atoms. The summed E-state index contributed by atoms with van der Waals surface area (Å²) < 4.78 is 65.7. The molecule has 0 radical (unpaired) electrons. The third-order valence-corrected chi connectivity index (χ3v) is 9.07. The maximum Gasteiger partial charge on any atom is 0.421 e. The highest BCUT2D eigenvalue weighted by molar-refractivity contribution is 7.89. The van der Waals surface area contributed by atoms with Crippen molar-refractivity contribution < 1.29 is 27.3 Å². The van der Waals surface area contributed by atoms with Gasteiger partial charge >= 0.3 is 6.18 Å². The molecule has 0 spiro atoms. The first-order chi connectivity index (χ1) is 18.3. The Morgan fingerprint density at radius 2 is 1.74 bits per heavy atom. The van der Waals surface area contributed by atoms with E-state index in [1.807, 2.05) is 11.5 Å². The molecular formula is C29H40F3N3O3S. The molecule has 1 saturated carbocycles. The second-order valence-electron chi connectivity index (χ2n) is 11.8. The Kier molecular flexibility index (Phi) is 9.41. The van der Waals surface area contributed by atoms with E-state index in [4.69, 9.17) is 4.74 Å². The number of hydrogen-bond acceptors (Lipinski definition) is 4. The van der Waals surface area contributed by atoms with E-state index in [1.165, 1.54) is 12.5 Å². The van der Waals surface area contributed by atoms with Crippen molar-refractivity contribution in [2.45, 2.75) is 102 Å². The largest absolute Gasteiger partial charge is 0.593 e. The monoisotopic (exact) mass is 567 g/mol. The lowest BCUT2D eigenvalue weighted by molar-refractivity contribution is -0.139.